The summed E-state index contributed by atoms with van der Waals surface area (Å²) in [7, 11) is 0. The van der Waals surface area contributed by atoms with Gasteiger partial charge in [0, 0.05) is 6.26 Å². The fourth-order valence-corrected chi connectivity index (χ4v) is 0.570. The van der Waals surface area contributed by atoms with Gasteiger partial charge in [-0.15, -0.1) is 0 Å². The van der Waals surface area contributed by atoms with Gasteiger partial charge < -0.3 is 4.18 Å². The summed E-state index contributed by atoms with van der Waals surface area (Å²) in [5.74, 6) is -0.649. The Morgan fingerprint density at radius 3 is 2.44 bits per heavy atom. The molecule has 0 radical (unpaired) electrons. The van der Waals surface area contributed by atoms with Crippen molar-refractivity contribution in [3.05, 3.63) is 0 Å². The van der Waals surface area contributed by atoms with Crippen LogP contribution in [0.15, 0.2) is 0 Å². The number of hydrogen-bond acceptors (Lipinski definition) is 4. The molecule has 0 aromatic carbocycles. The van der Waals surface area contributed by atoms with Gasteiger partial charge in [-0.25, -0.2) is 0 Å². The van der Waals surface area contributed by atoms with Crippen LogP contribution in [0.1, 0.15) is 13.3 Å². The monoisotopic (exact) mass is 148 g/mol. The third-order valence-electron chi connectivity index (χ3n) is 0.570. The summed E-state index contributed by atoms with van der Waals surface area (Å²) in [6, 6.07) is 0. The second-order valence-corrected chi connectivity index (χ2v) is 2.00. The summed E-state index contributed by atoms with van der Waals surface area (Å²) >= 11 is 0.950. The Hall–Kier alpha value is -0.510. The molecule has 0 saturated carbocycles. The predicted octanol–water partition coefficient (Wildman–Crippen LogP) is 0.787. The van der Waals surface area contributed by atoms with Crippen LogP contribution in [0.4, 0.5) is 0 Å². The minimum absolute atomic E-state index is 0.124. The molecule has 0 rings (SSSR count). The van der Waals surface area contributed by atoms with E-state index in [0.717, 1.165) is 12.0 Å². The first-order valence-electron chi connectivity index (χ1n) is 2.39. The Kier molecular flexibility index (Phi) is 4.13. The van der Waals surface area contributed by atoms with E-state index in [4.69, 9.17) is 0 Å². The quantitative estimate of drug-likeness (QED) is 0.438. The Bertz CT molecular complexity index is 121. The molecule has 0 spiro atoms. The minimum Gasteiger partial charge on any atom is -0.391 e. The van der Waals surface area contributed by atoms with E-state index in [-0.39, 0.29) is 12.2 Å². The standard InChI is InChI=1S/C5H8O3S/c1-4(6)3-5(7)8-9-2/h3H2,1-2H3. The zero-order chi connectivity index (χ0) is 7.28. The topological polar surface area (TPSA) is 43.4 Å². The van der Waals surface area contributed by atoms with Crippen LogP contribution in [0.3, 0.4) is 0 Å². The Labute approximate surface area is 58.0 Å². The molecule has 52 valence electrons. The van der Waals surface area contributed by atoms with Crippen LogP contribution in [0.25, 0.3) is 0 Å². The summed E-state index contributed by atoms with van der Waals surface area (Å²) in [5.41, 5.74) is 0. The van der Waals surface area contributed by atoms with E-state index in [2.05, 4.69) is 4.18 Å². The van der Waals surface area contributed by atoms with E-state index in [0.29, 0.717) is 0 Å². The number of ketones is 1. The molecule has 0 N–H and O–H groups in total. The van der Waals surface area contributed by atoms with Gasteiger partial charge in [-0.1, -0.05) is 0 Å². The molecule has 0 bridgehead atoms. The molecule has 0 saturated heterocycles. The predicted molar refractivity (Wildman–Crippen MR) is 34.9 cm³/mol. The molecule has 0 aliphatic carbocycles. The highest BCUT2D eigenvalue weighted by Crippen LogP contribution is 1.97. The average Bonchev–Trinajstić information content (AvgIpc) is 1.63. The minimum atomic E-state index is -0.477. The summed E-state index contributed by atoms with van der Waals surface area (Å²) in [4.78, 5) is 20.6. The first kappa shape index (κ1) is 8.49. The van der Waals surface area contributed by atoms with Gasteiger partial charge in [0.1, 0.15) is 12.2 Å². The van der Waals surface area contributed by atoms with E-state index >= 15 is 0 Å². The van der Waals surface area contributed by atoms with Crippen molar-refractivity contribution in [2.75, 3.05) is 6.26 Å². The second-order valence-electron chi connectivity index (χ2n) is 1.50. The largest absolute Gasteiger partial charge is 0.391 e. The van der Waals surface area contributed by atoms with Crippen LogP contribution in [0.2, 0.25) is 0 Å². The van der Waals surface area contributed by atoms with Gasteiger partial charge in [0.2, 0.25) is 0 Å². The number of carbonyl (C=O) groups is 2. The van der Waals surface area contributed by atoms with Gasteiger partial charge in [-0.3, -0.25) is 9.59 Å². The molecule has 0 amide bonds. The molecule has 4 heteroatoms. The van der Waals surface area contributed by atoms with Crippen molar-refractivity contribution in [2.24, 2.45) is 0 Å². The van der Waals surface area contributed by atoms with Gasteiger partial charge in [0.15, 0.2) is 0 Å². The highest BCUT2D eigenvalue weighted by molar-refractivity contribution is 7.94. The fraction of sp³-hybridized carbons (Fsp3) is 0.600. The average molecular weight is 148 g/mol. The van der Waals surface area contributed by atoms with Crippen LogP contribution >= 0.6 is 12.0 Å². The molecule has 9 heavy (non-hydrogen) atoms. The van der Waals surface area contributed by atoms with Crippen molar-refractivity contribution in [2.45, 2.75) is 13.3 Å². The van der Waals surface area contributed by atoms with Crippen molar-refractivity contribution < 1.29 is 13.8 Å². The Balaban J connectivity index is 3.39. The van der Waals surface area contributed by atoms with E-state index in [1.54, 1.807) is 6.26 Å². The molecule has 3 nitrogen and oxygen atoms in total. The maximum atomic E-state index is 10.4. The normalized spacial score (nSPS) is 8.67. The zero-order valence-electron chi connectivity index (χ0n) is 5.34. The number of hydrogen-bond donors (Lipinski definition) is 0. The molecule has 0 fully saturated rings. The third-order valence-corrected chi connectivity index (χ3v) is 0.922. The molecule has 0 atom stereocenters. The number of Topliss-reactive ketones (excluding diaryl/α,β-unsaturated/α-hetero) is 1. The van der Waals surface area contributed by atoms with Crippen LogP contribution in [0, 0.1) is 0 Å². The van der Waals surface area contributed by atoms with Crippen molar-refractivity contribution in [1.29, 1.82) is 0 Å². The lowest BCUT2D eigenvalue weighted by atomic mass is 10.3. The third kappa shape index (κ3) is 5.36. The molecule has 0 aromatic rings. The molecular weight excluding hydrogens is 140 g/mol. The van der Waals surface area contributed by atoms with Crippen molar-refractivity contribution in [3.8, 4) is 0 Å². The van der Waals surface area contributed by atoms with Gasteiger partial charge in [-0.05, 0) is 6.92 Å². The van der Waals surface area contributed by atoms with Gasteiger partial charge in [-0.2, -0.15) is 0 Å². The fourth-order valence-electron chi connectivity index (χ4n) is 0.326. The Morgan fingerprint density at radius 2 is 2.11 bits per heavy atom. The summed E-state index contributed by atoms with van der Waals surface area (Å²) < 4.78 is 4.41. The van der Waals surface area contributed by atoms with E-state index in [9.17, 15) is 9.59 Å². The summed E-state index contributed by atoms with van der Waals surface area (Å²) in [6.45, 7) is 1.35. The first-order valence-corrected chi connectivity index (χ1v) is 3.54. The summed E-state index contributed by atoms with van der Waals surface area (Å²) in [5, 5.41) is 0. The lowest BCUT2D eigenvalue weighted by Gasteiger charge is -1.93. The highest BCUT2D eigenvalue weighted by atomic mass is 32.2. The van der Waals surface area contributed by atoms with Crippen molar-refractivity contribution >= 4 is 23.8 Å². The van der Waals surface area contributed by atoms with Crippen molar-refractivity contribution in [1.82, 2.24) is 0 Å². The van der Waals surface area contributed by atoms with Crippen LogP contribution in [0.5, 0.6) is 0 Å². The van der Waals surface area contributed by atoms with Gasteiger partial charge in [0.05, 0.1) is 12.0 Å². The van der Waals surface area contributed by atoms with Crippen molar-refractivity contribution in [3.63, 3.8) is 0 Å². The molecule has 0 aromatic heterocycles. The second kappa shape index (κ2) is 4.38. The lowest BCUT2D eigenvalue weighted by Crippen LogP contribution is -2.03. The first-order chi connectivity index (χ1) is 4.16. The SMILES string of the molecule is CSOC(=O)CC(C)=O. The van der Waals surface area contributed by atoms with Gasteiger partial charge in [0.25, 0.3) is 0 Å². The molecule has 0 aliphatic rings. The van der Waals surface area contributed by atoms with Gasteiger partial charge >= 0.3 is 5.97 Å². The van der Waals surface area contributed by atoms with Crippen LogP contribution in [-0.2, 0) is 13.8 Å². The number of carbonyl (C=O) groups excluding carboxylic acids is 2. The maximum absolute atomic E-state index is 10.4. The van der Waals surface area contributed by atoms with E-state index in [1.807, 2.05) is 0 Å². The molecule has 0 unspecified atom stereocenters. The maximum Gasteiger partial charge on any atom is 0.325 e. The van der Waals surface area contributed by atoms with E-state index < -0.39 is 5.97 Å². The number of rotatable bonds is 3. The summed E-state index contributed by atoms with van der Waals surface area (Å²) in [6.07, 6.45) is 1.50. The Morgan fingerprint density at radius 1 is 1.56 bits per heavy atom. The molecule has 0 heterocycles. The van der Waals surface area contributed by atoms with Crippen LogP contribution < -0.4 is 0 Å². The van der Waals surface area contributed by atoms with E-state index in [1.165, 1.54) is 6.92 Å². The molecule has 0 aliphatic heterocycles. The lowest BCUT2D eigenvalue weighted by molar-refractivity contribution is -0.136. The highest BCUT2D eigenvalue weighted by Gasteiger charge is 2.04. The van der Waals surface area contributed by atoms with Crippen LogP contribution in [-0.4, -0.2) is 18.0 Å². The smallest absolute Gasteiger partial charge is 0.325 e. The zero-order valence-corrected chi connectivity index (χ0v) is 6.16. The molecular formula is C5H8O3S.